The van der Waals surface area contributed by atoms with E-state index in [2.05, 4.69) is 21.2 Å². The van der Waals surface area contributed by atoms with Gasteiger partial charge >= 0.3 is 0 Å². The molecule has 0 spiro atoms. The van der Waals surface area contributed by atoms with Gasteiger partial charge in [-0.25, -0.2) is 4.39 Å². The molecule has 5 heteroatoms. The highest BCUT2D eigenvalue weighted by atomic mass is 79.9. The van der Waals surface area contributed by atoms with Crippen LogP contribution in [0.1, 0.15) is 15.9 Å². The first-order valence-electron chi connectivity index (χ1n) is 4.92. The second kappa shape index (κ2) is 4.51. The van der Waals surface area contributed by atoms with E-state index in [9.17, 15) is 9.18 Å². The molecule has 1 aromatic carbocycles. The van der Waals surface area contributed by atoms with Gasteiger partial charge < -0.3 is 10.1 Å². The second-order valence-electron chi connectivity index (χ2n) is 3.79. The summed E-state index contributed by atoms with van der Waals surface area (Å²) in [7, 11) is 0. The maximum Gasteiger partial charge on any atom is 0.252 e. The van der Waals surface area contributed by atoms with E-state index in [0.717, 1.165) is 0 Å². The monoisotopic (exact) mass is 287 g/mol. The smallest absolute Gasteiger partial charge is 0.252 e. The fourth-order valence-electron chi connectivity index (χ4n) is 1.41. The van der Waals surface area contributed by atoms with Gasteiger partial charge in [-0.2, -0.15) is 0 Å². The Bertz CT molecular complexity index is 432. The average Bonchev–Trinajstić information content (AvgIpc) is 2.17. The van der Waals surface area contributed by atoms with Gasteiger partial charge in [-0.3, -0.25) is 4.79 Å². The number of carbonyl (C=O) groups excluding carboxylic acids is 1. The fraction of sp³-hybridized carbons (Fsp3) is 0.364. The molecule has 0 atom stereocenters. The first-order valence-corrected chi connectivity index (χ1v) is 5.71. The van der Waals surface area contributed by atoms with Crippen LogP contribution < -0.4 is 5.32 Å². The molecule has 1 heterocycles. The highest BCUT2D eigenvalue weighted by Crippen LogP contribution is 2.21. The topological polar surface area (TPSA) is 38.3 Å². The Morgan fingerprint density at radius 1 is 1.56 bits per heavy atom. The largest absolute Gasteiger partial charge is 0.377 e. The maximum absolute atomic E-state index is 13.2. The van der Waals surface area contributed by atoms with Crippen molar-refractivity contribution < 1.29 is 13.9 Å². The van der Waals surface area contributed by atoms with Crippen LogP contribution in [0.15, 0.2) is 16.6 Å². The molecule has 2 rings (SSSR count). The predicted molar refractivity (Wildman–Crippen MR) is 60.9 cm³/mol. The number of rotatable bonds is 2. The van der Waals surface area contributed by atoms with Crippen LogP contribution in [0.2, 0.25) is 0 Å². The molecular weight excluding hydrogens is 277 g/mol. The molecule has 1 fully saturated rings. The second-order valence-corrected chi connectivity index (χ2v) is 4.64. The van der Waals surface area contributed by atoms with Crippen molar-refractivity contribution in [3.05, 3.63) is 33.5 Å². The quantitative estimate of drug-likeness (QED) is 0.904. The first kappa shape index (κ1) is 11.5. The van der Waals surface area contributed by atoms with Crippen molar-refractivity contribution in [1.82, 2.24) is 5.32 Å². The predicted octanol–water partition coefficient (Wildman–Crippen LogP) is 2.03. The maximum atomic E-state index is 13.2. The third-order valence-electron chi connectivity index (χ3n) is 2.47. The van der Waals surface area contributed by atoms with Crippen molar-refractivity contribution in [2.24, 2.45) is 0 Å². The molecule has 0 bridgehead atoms. The van der Waals surface area contributed by atoms with Crippen LogP contribution in [0.3, 0.4) is 0 Å². The number of carbonyl (C=O) groups is 1. The van der Waals surface area contributed by atoms with Gasteiger partial charge in [0.15, 0.2) is 0 Å². The summed E-state index contributed by atoms with van der Waals surface area (Å²) in [6.45, 7) is 2.72. The van der Waals surface area contributed by atoms with E-state index in [0.29, 0.717) is 28.8 Å². The summed E-state index contributed by atoms with van der Waals surface area (Å²) in [5.41, 5.74) is 0.906. The fourth-order valence-corrected chi connectivity index (χ4v) is 1.91. The molecule has 1 amide bonds. The third-order valence-corrected chi connectivity index (χ3v) is 3.12. The van der Waals surface area contributed by atoms with Gasteiger partial charge in [0.05, 0.1) is 24.8 Å². The molecule has 1 aliphatic rings. The number of nitrogens with one attached hydrogen (secondary N) is 1. The first-order chi connectivity index (χ1) is 7.58. The van der Waals surface area contributed by atoms with Crippen LogP contribution in [0.5, 0.6) is 0 Å². The van der Waals surface area contributed by atoms with Crippen molar-refractivity contribution >= 4 is 21.8 Å². The lowest BCUT2D eigenvalue weighted by molar-refractivity contribution is -0.00347. The highest BCUT2D eigenvalue weighted by Gasteiger charge is 2.22. The number of hydrogen-bond acceptors (Lipinski definition) is 2. The molecular formula is C11H11BrFNO2. The summed E-state index contributed by atoms with van der Waals surface area (Å²) in [5, 5.41) is 2.80. The van der Waals surface area contributed by atoms with Crippen molar-refractivity contribution in [2.45, 2.75) is 13.0 Å². The van der Waals surface area contributed by atoms with Crippen molar-refractivity contribution in [2.75, 3.05) is 13.2 Å². The normalized spacial score (nSPS) is 15.7. The summed E-state index contributed by atoms with van der Waals surface area (Å²) in [4.78, 5) is 11.8. The Hall–Kier alpha value is -0.940. The van der Waals surface area contributed by atoms with E-state index in [1.54, 1.807) is 6.92 Å². The molecule has 0 radical (unpaired) electrons. The zero-order chi connectivity index (χ0) is 11.7. The van der Waals surface area contributed by atoms with Crippen LogP contribution in [-0.2, 0) is 4.74 Å². The van der Waals surface area contributed by atoms with E-state index in [1.807, 2.05) is 0 Å². The molecule has 3 nitrogen and oxygen atoms in total. The molecule has 0 saturated carbocycles. The van der Waals surface area contributed by atoms with Gasteiger partial charge in [0.2, 0.25) is 0 Å². The van der Waals surface area contributed by atoms with Gasteiger partial charge in [0.1, 0.15) is 5.82 Å². The van der Waals surface area contributed by atoms with Gasteiger partial charge in [-0.1, -0.05) is 0 Å². The van der Waals surface area contributed by atoms with Crippen LogP contribution >= 0.6 is 15.9 Å². The summed E-state index contributed by atoms with van der Waals surface area (Å²) in [6.07, 6.45) is 0. The number of aryl methyl sites for hydroxylation is 1. The minimum atomic E-state index is -0.324. The van der Waals surface area contributed by atoms with Crippen molar-refractivity contribution in [1.29, 1.82) is 0 Å². The molecule has 0 unspecified atom stereocenters. The van der Waals surface area contributed by atoms with Crippen LogP contribution in [0.25, 0.3) is 0 Å². The molecule has 1 aromatic rings. The van der Waals surface area contributed by atoms with Crippen molar-refractivity contribution in [3.63, 3.8) is 0 Å². The van der Waals surface area contributed by atoms with E-state index in [4.69, 9.17) is 4.74 Å². The zero-order valence-corrected chi connectivity index (χ0v) is 10.3. The SMILES string of the molecule is Cc1cc(C(=O)NC2COC2)c(Br)cc1F. The molecule has 1 aliphatic heterocycles. The molecule has 0 aromatic heterocycles. The van der Waals surface area contributed by atoms with Gasteiger partial charge in [-0.05, 0) is 40.5 Å². The summed E-state index contributed by atoms with van der Waals surface area (Å²) in [6, 6.07) is 2.92. The minimum Gasteiger partial charge on any atom is -0.377 e. The van der Waals surface area contributed by atoms with Crippen LogP contribution in [-0.4, -0.2) is 25.2 Å². The van der Waals surface area contributed by atoms with E-state index >= 15 is 0 Å². The Labute approximate surface area is 101 Å². The Kier molecular flexibility index (Phi) is 3.25. The van der Waals surface area contributed by atoms with E-state index in [-0.39, 0.29) is 17.8 Å². The number of ether oxygens (including phenoxy) is 1. The number of halogens is 2. The summed E-state index contributed by atoms with van der Waals surface area (Å²) >= 11 is 3.18. The van der Waals surface area contributed by atoms with Crippen LogP contribution in [0.4, 0.5) is 4.39 Å². The molecule has 86 valence electrons. The molecule has 16 heavy (non-hydrogen) atoms. The lowest BCUT2D eigenvalue weighted by atomic mass is 10.1. The van der Waals surface area contributed by atoms with E-state index in [1.165, 1.54) is 12.1 Å². The Morgan fingerprint density at radius 3 is 2.81 bits per heavy atom. The van der Waals surface area contributed by atoms with Gasteiger partial charge in [-0.15, -0.1) is 0 Å². The third kappa shape index (κ3) is 2.25. The average molecular weight is 288 g/mol. The van der Waals surface area contributed by atoms with Crippen molar-refractivity contribution in [3.8, 4) is 0 Å². The molecule has 1 N–H and O–H groups in total. The lowest BCUT2D eigenvalue weighted by Gasteiger charge is -2.27. The summed E-state index contributed by atoms with van der Waals surface area (Å²) < 4.78 is 18.6. The highest BCUT2D eigenvalue weighted by molar-refractivity contribution is 9.10. The van der Waals surface area contributed by atoms with Crippen LogP contribution in [0, 0.1) is 12.7 Å². The van der Waals surface area contributed by atoms with E-state index < -0.39 is 0 Å². The Morgan fingerprint density at radius 2 is 2.25 bits per heavy atom. The summed E-state index contributed by atoms with van der Waals surface area (Å²) in [5.74, 6) is -0.529. The lowest BCUT2D eigenvalue weighted by Crippen LogP contribution is -2.48. The Balaban J connectivity index is 2.18. The number of amides is 1. The standard InChI is InChI=1S/C11H11BrFNO2/c1-6-2-8(9(12)3-10(6)13)11(15)14-7-4-16-5-7/h2-3,7H,4-5H2,1H3,(H,14,15). The van der Waals surface area contributed by atoms with Gasteiger partial charge in [0.25, 0.3) is 5.91 Å². The molecule has 0 aliphatic carbocycles. The van der Waals surface area contributed by atoms with Gasteiger partial charge in [0, 0.05) is 4.47 Å². The zero-order valence-electron chi connectivity index (χ0n) is 8.72. The number of benzene rings is 1. The minimum absolute atomic E-state index is 0.0739. The molecule has 1 saturated heterocycles. The number of hydrogen-bond donors (Lipinski definition) is 1.